The predicted molar refractivity (Wildman–Crippen MR) is 74.1 cm³/mol. The van der Waals surface area contributed by atoms with Gasteiger partial charge in [0.05, 0.1) is 23.1 Å². The lowest BCUT2D eigenvalue weighted by molar-refractivity contribution is -0.116. The first-order valence-corrected chi connectivity index (χ1v) is 6.22. The van der Waals surface area contributed by atoms with Crippen molar-refractivity contribution in [1.82, 2.24) is 24.8 Å². The number of carbonyl (C=O) groups excluding carboxylic acids is 1. The number of nitrogens with one attached hydrogen (secondary N) is 1. The van der Waals surface area contributed by atoms with Gasteiger partial charge < -0.3 is 5.32 Å². The van der Waals surface area contributed by atoms with Crippen molar-refractivity contribution in [2.45, 2.75) is 13.5 Å². The van der Waals surface area contributed by atoms with Crippen molar-refractivity contribution in [1.29, 1.82) is 0 Å². The van der Waals surface area contributed by atoms with Crippen LogP contribution in [0.1, 0.15) is 5.69 Å². The predicted octanol–water partition coefficient (Wildman–Crippen LogP) is 1.11. The van der Waals surface area contributed by atoms with E-state index in [2.05, 4.69) is 20.7 Å². The SMILES string of the molecule is Cc1c(NC(=O)Cn2nnc3ccccc32)cnn1C. The third-order valence-corrected chi connectivity index (χ3v) is 3.22. The second kappa shape index (κ2) is 4.76. The second-order valence-electron chi connectivity index (χ2n) is 4.55. The van der Waals surface area contributed by atoms with Gasteiger partial charge in [-0.1, -0.05) is 17.3 Å². The molecule has 20 heavy (non-hydrogen) atoms. The minimum absolute atomic E-state index is 0.120. The Morgan fingerprint density at radius 3 is 2.90 bits per heavy atom. The number of aryl methyl sites for hydroxylation is 1. The molecule has 0 bridgehead atoms. The van der Waals surface area contributed by atoms with E-state index in [1.165, 1.54) is 0 Å². The van der Waals surface area contributed by atoms with E-state index in [4.69, 9.17) is 0 Å². The molecule has 0 aliphatic rings. The average molecular weight is 270 g/mol. The van der Waals surface area contributed by atoms with Crippen LogP contribution in [0.3, 0.4) is 0 Å². The van der Waals surface area contributed by atoms with Crippen molar-refractivity contribution in [3.8, 4) is 0 Å². The Morgan fingerprint density at radius 1 is 1.35 bits per heavy atom. The van der Waals surface area contributed by atoms with Gasteiger partial charge in [-0.25, -0.2) is 4.68 Å². The van der Waals surface area contributed by atoms with Crippen LogP contribution >= 0.6 is 0 Å². The topological polar surface area (TPSA) is 77.6 Å². The number of amides is 1. The summed E-state index contributed by atoms with van der Waals surface area (Å²) in [5, 5.41) is 14.9. The first-order chi connectivity index (χ1) is 9.65. The summed E-state index contributed by atoms with van der Waals surface area (Å²) in [6.45, 7) is 2.02. The summed E-state index contributed by atoms with van der Waals surface area (Å²) in [6.07, 6.45) is 1.63. The highest BCUT2D eigenvalue weighted by Crippen LogP contribution is 2.13. The fourth-order valence-corrected chi connectivity index (χ4v) is 1.98. The van der Waals surface area contributed by atoms with Crippen molar-refractivity contribution >= 4 is 22.6 Å². The van der Waals surface area contributed by atoms with Gasteiger partial charge in [0, 0.05) is 7.05 Å². The van der Waals surface area contributed by atoms with Crippen molar-refractivity contribution in [2.75, 3.05) is 5.32 Å². The summed E-state index contributed by atoms with van der Waals surface area (Å²) < 4.78 is 3.29. The summed E-state index contributed by atoms with van der Waals surface area (Å²) in [5.74, 6) is -0.156. The maximum atomic E-state index is 12.0. The van der Waals surface area contributed by atoms with Crippen LogP contribution in [-0.4, -0.2) is 30.7 Å². The highest BCUT2D eigenvalue weighted by Gasteiger charge is 2.11. The third-order valence-electron chi connectivity index (χ3n) is 3.22. The van der Waals surface area contributed by atoms with Gasteiger partial charge in [0.2, 0.25) is 5.91 Å². The van der Waals surface area contributed by atoms with E-state index < -0.39 is 0 Å². The first kappa shape index (κ1) is 12.3. The molecule has 0 fully saturated rings. The van der Waals surface area contributed by atoms with Crippen LogP contribution in [0.5, 0.6) is 0 Å². The fourth-order valence-electron chi connectivity index (χ4n) is 1.98. The molecule has 2 heterocycles. The number of benzene rings is 1. The maximum Gasteiger partial charge on any atom is 0.246 e. The number of nitrogens with zero attached hydrogens (tertiary/aromatic N) is 5. The zero-order valence-electron chi connectivity index (χ0n) is 11.2. The molecule has 0 unspecified atom stereocenters. The standard InChI is InChI=1S/C13H14N6O/c1-9-11(7-14-18(9)2)15-13(20)8-19-12-6-4-3-5-10(12)16-17-19/h3-7H,8H2,1-2H3,(H,15,20). The van der Waals surface area contributed by atoms with E-state index in [9.17, 15) is 4.79 Å². The molecule has 0 saturated heterocycles. The van der Waals surface area contributed by atoms with Crippen LogP contribution in [0.25, 0.3) is 11.0 Å². The van der Waals surface area contributed by atoms with Crippen molar-refractivity contribution in [2.24, 2.45) is 7.05 Å². The molecule has 0 aliphatic heterocycles. The smallest absolute Gasteiger partial charge is 0.246 e. The molecule has 7 nitrogen and oxygen atoms in total. The van der Waals surface area contributed by atoms with Crippen molar-refractivity contribution < 1.29 is 4.79 Å². The molecular formula is C13H14N6O. The number of anilines is 1. The number of fused-ring (bicyclic) bond motifs is 1. The lowest BCUT2D eigenvalue weighted by atomic mass is 10.3. The van der Waals surface area contributed by atoms with Crippen molar-refractivity contribution in [3.63, 3.8) is 0 Å². The largest absolute Gasteiger partial charge is 0.322 e. The van der Waals surface area contributed by atoms with E-state index in [0.717, 1.165) is 16.7 Å². The number of para-hydroxylation sites is 1. The molecule has 0 spiro atoms. The number of hydrogen-bond donors (Lipinski definition) is 1. The first-order valence-electron chi connectivity index (χ1n) is 6.22. The quantitative estimate of drug-likeness (QED) is 0.773. The van der Waals surface area contributed by atoms with Gasteiger partial charge in [0.1, 0.15) is 12.1 Å². The minimum atomic E-state index is -0.156. The van der Waals surface area contributed by atoms with Gasteiger partial charge in [-0.15, -0.1) is 5.10 Å². The van der Waals surface area contributed by atoms with Crippen LogP contribution in [0.4, 0.5) is 5.69 Å². The van der Waals surface area contributed by atoms with Crippen LogP contribution in [0, 0.1) is 6.92 Å². The Balaban J connectivity index is 1.78. The lowest BCUT2D eigenvalue weighted by Gasteiger charge is -2.05. The Hall–Kier alpha value is -2.70. The molecule has 1 N–H and O–H groups in total. The third kappa shape index (κ3) is 2.13. The van der Waals surface area contributed by atoms with E-state index in [1.807, 2.05) is 38.2 Å². The Labute approximate surface area is 115 Å². The molecular weight excluding hydrogens is 256 g/mol. The summed E-state index contributed by atoms with van der Waals surface area (Å²) in [5.41, 5.74) is 3.23. The fraction of sp³-hybridized carbons (Fsp3) is 0.231. The Morgan fingerprint density at radius 2 is 2.15 bits per heavy atom. The molecule has 3 rings (SSSR count). The summed E-state index contributed by atoms with van der Waals surface area (Å²) in [7, 11) is 1.83. The maximum absolute atomic E-state index is 12.0. The molecule has 1 aromatic carbocycles. The van der Waals surface area contributed by atoms with E-state index in [-0.39, 0.29) is 12.5 Å². The van der Waals surface area contributed by atoms with Gasteiger partial charge in [-0.3, -0.25) is 9.48 Å². The molecule has 3 aromatic rings. The number of aromatic nitrogens is 5. The highest BCUT2D eigenvalue weighted by molar-refractivity contribution is 5.91. The summed E-state index contributed by atoms with van der Waals surface area (Å²) >= 11 is 0. The average Bonchev–Trinajstić information content (AvgIpc) is 2.98. The molecule has 0 radical (unpaired) electrons. The normalized spacial score (nSPS) is 10.9. The molecule has 0 saturated carbocycles. The van der Waals surface area contributed by atoms with Crippen LogP contribution in [0.2, 0.25) is 0 Å². The zero-order chi connectivity index (χ0) is 14.1. The lowest BCUT2D eigenvalue weighted by Crippen LogP contribution is -2.19. The van der Waals surface area contributed by atoms with Crippen LogP contribution < -0.4 is 5.32 Å². The number of hydrogen-bond acceptors (Lipinski definition) is 4. The monoisotopic (exact) mass is 270 g/mol. The number of carbonyl (C=O) groups is 1. The van der Waals surface area contributed by atoms with Gasteiger partial charge in [0.15, 0.2) is 0 Å². The minimum Gasteiger partial charge on any atom is -0.322 e. The molecule has 7 heteroatoms. The highest BCUT2D eigenvalue weighted by atomic mass is 16.2. The van der Waals surface area contributed by atoms with Crippen LogP contribution in [0.15, 0.2) is 30.5 Å². The Kier molecular flexibility index (Phi) is 2.94. The van der Waals surface area contributed by atoms with Gasteiger partial charge in [-0.2, -0.15) is 5.10 Å². The van der Waals surface area contributed by atoms with Crippen molar-refractivity contribution in [3.05, 3.63) is 36.2 Å². The van der Waals surface area contributed by atoms with E-state index in [0.29, 0.717) is 5.69 Å². The molecule has 102 valence electrons. The molecule has 1 amide bonds. The second-order valence-corrected chi connectivity index (χ2v) is 4.55. The zero-order valence-corrected chi connectivity index (χ0v) is 11.2. The molecule has 0 aliphatic carbocycles. The molecule has 2 aromatic heterocycles. The van der Waals surface area contributed by atoms with Crippen LogP contribution in [-0.2, 0) is 18.4 Å². The molecule has 0 atom stereocenters. The number of rotatable bonds is 3. The van der Waals surface area contributed by atoms with Gasteiger partial charge in [-0.05, 0) is 19.1 Å². The van der Waals surface area contributed by atoms with E-state index in [1.54, 1.807) is 15.6 Å². The Bertz CT molecular complexity index is 772. The van der Waals surface area contributed by atoms with Gasteiger partial charge in [0.25, 0.3) is 0 Å². The van der Waals surface area contributed by atoms with Gasteiger partial charge >= 0.3 is 0 Å². The summed E-state index contributed by atoms with van der Waals surface area (Å²) in [6, 6.07) is 7.53. The van der Waals surface area contributed by atoms with E-state index >= 15 is 0 Å². The summed E-state index contributed by atoms with van der Waals surface area (Å²) in [4.78, 5) is 12.0.